The number of para-hydroxylation sites is 1. The molecular weight excluding hydrogens is 480 g/mol. The van der Waals surface area contributed by atoms with Crippen molar-refractivity contribution in [3.63, 3.8) is 0 Å². The molecule has 39 heavy (non-hydrogen) atoms. The van der Waals surface area contributed by atoms with Gasteiger partial charge in [0, 0.05) is 17.8 Å². The topological polar surface area (TPSA) is 42.8 Å². The number of fused-ring (bicyclic) bond motifs is 3. The minimum atomic E-state index is 0.291. The van der Waals surface area contributed by atoms with Crippen LogP contribution in [-0.4, -0.2) is 12.8 Å². The molecule has 0 saturated carbocycles. The Balaban J connectivity index is 1.15. The molecule has 4 aromatic rings. The molecule has 0 bridgehead atoms. The monoisotopic (exact) mass is 514 g/mol. The van der Waals surface area contributed by atoms with Gasteiger partial charge in [-0.1, -0.05) is 72.3 Å². The third-order valence-corrected chi connectivity index (χ3v) is 7.67. The lowest BCUT2D eigenvalue weighted by Crippen LogP contribution is -2.28. The SMILES string of the molecule is CCOc1cc(C=Nc2ccc([C@@H]3Nc4ccccc4[C@@H]4C=CC[C@H]43)cc2)ccc1OCc1ccc(C)cc1. The van der Waals surface area contributed by atoms with Gasteiger partial charge in [-0.05, 0) is 84.8 Å². The normalized spacial score (nSPS) is 19.4. The van der Waals surface area contributed by atoms with Crippen molar-refractivity contribution in [2.45, 2.75) is 38.8 Å². The van der Waals surface area contributed by atoms with Crippen LogP contribution in [0, 0.1) is 12.8 Å². The van der Waals surface area contributed by atoms with Crippen molar-refractivity contribution in [2.24, 2.45) is 10.9 Å². The van der Waals surface area contributed by atoms with Gasteiger partial charge in [0.1, 0.15) is 6.61 Å². The summed E-state index contributed by atoms with van der Waals surface area (Å²) in [5, 5.41) is 3.80. The lowest BCUT2D eigenvalue weighted by atomic mass is 9.77. The van der Waals surface area contributed by atoms with Crippen molar-refractivity contribution in [3.8, 4) is 11.5 Å². The molecule has 0 fully saturated rings. The van der Waals surface area contributed by atoms with E-state index in [0.29, 0.717) is 31.1 Å². The zero-order valence-corrected chi connectivity index (χ0v) is 22.5. The van der Waals surface area contributed by atoms with Gasteiger partial charge in [0.2, 0.25) is 0 Å². The van der Waals surface area contributed by atoms with E-state index >= 15 is 0 Å². The molecule has 4 aromatic carbocycles. The van der Waals surface area contributed by atoms with Crippen molar-refractivity contribution in [1.29, 1.82) is 0 Å². The summed E-state index contributed by atoms with van der Waals surface area (Å²) in [6, 6.07) is 32.0. The maximum atomic E-state index is 6.08. The van der Waals surface area contributed by atoms with E-state index in [1.54, 1.807) is 0 Å². The summed E-state index contributed by atoms with van der Waals surface area (Å²) in [5.41, 5.74) is 8.22. The summed E-state index contributed by atoms with van der Waals surface area (Å²) >= 11 is 0. The molecule has 1 N–H and O–H groups in total. The zero-order valence-electron chi connectivity index (χ0n) is 22.5. The standard InChI is InChI=1S/C35H34N2O2/c1-3-38-34-21-26(15-20-33(34)39-23-25-13-11-24(2)12-14-25)22-36-28-18-16-27(17-19-28)35-31-9-6-8-29(31)30-7-4-5-10-32(30)37-35/h4-8,10-22,29,31,35,37H,3,9,23H2,1-2H3/t29-,31+,35-/m0/s1. The van der Waals surface area contributed by atoms with Gasteiger partial charge >= 0.3 is 0 Å². The number of hydrogen-bond donors (Lipinski definition) is 1. The van der Waals surface area contributed by atoms with Gasteiger partial charge < -0.3 is 14.8 Å². The van der Waals surface area contributed by atoms with E-state index in [4.69, 9.17) is 14.5 Å². The maximum Gasteiger partial charge on any atom is 0.161 e. The summed E-state index contributed by atoms with van der Waals surface area (Å²) in [5.74, 6) is 2.49. The van der Waals surface area contributed by atoms with Crippen LogP contribution in [-0.2, 0) is 6.61 Å². The average Bonchev–Trinajstić information content (AvgIpc) is 3.47. The summed E-state index contributed by atoms with van der Waals surface area (Å²) in [6.07, 6.45) is 7.70. The summed E-state index contributed by atoms with van der Waals surface area (Å²) in [4.78, 5) is 4.74. The van der Waals surface area contributed by atoms with Gasteiger partial charge in [0.25, 0.3) is 0 Å². The molecule has 0 saturated heterocycles. The second kappa shape index (κ2) is 11.2. The van der Waals surface area contributed by atoms with Crippen LogP contribution in [0.5, 0.6) is 11.5 Å². The molecule has 3 atom stereocenters. The van der Waals surface area contributed by atoms with Gasteiger partial charge in [-0.25, -0.2) is 0 Å². The number of nitrogens with one attached hydrogen (secondary N) is 1. The van der Waals surface area contributed by atoms with E-state index in [0.717, 1.165) is 34.7 Å². The Morgan fingerprint density at radius 3 is 2.54 bits per heavy atom. The van der Waals surface area contributed by atoms with Crippen LogP contribution in [0.2, 0.25) is 0 Å². The highest BCUT2D eigenvalue weighted by Gasteiger charge is 2.37. The van der Waals surface area contributed by atoms with Crippen LogP contribution in [0.4, 0.5) is 11.4 Å². The van der Waals surface area contributed by atoms with Crippen LogP contribution >= 0.6 is 0 Å². The molecule has 1 heterocycles. The van der Waals surface area contributed by atoms with Crippen LogP contribution in [0.25, 0.3) is 0 Å². The van der Waals surface area contributed by atoms with Crippen LogP contribution < -0.4 is 14.8 Å². The first kappa shape index (κ1) is 25.0. The number of aliphatic imine (C=N–C) groups is 1. The molecule has 0 radical (unpaired) electrons. The quantitative estimate of drug-likeness (QED) is 0.189. The second-order valence-corrected chi connectivity index (χ2v) is 10.3. The molecule has 6 rings (SSSR count). The Kier molecular flexibility index (Phi) is 7.18. The van der Waals surface area contributed by atoms with E-state index < -0.39 is 0 Å². The van der Waals surface area contributed by atoms with Crippen molar-refractivity contribution >= 4 is 17.6 Å². The Bertz CT molecular complexity index is 1490. The summed E-state index contributed by atoms with van der Waals surface area (Å²) in [7, 11) is 0. The molecule has 0 amide bonds. The fraction of sp³-hybridized carbons (Fsp3) is 0.229. The smallest absolute Gasteiger partial charge is 0.161 e. The van der Waals surface area contributed by atoms with Gasteiger partial charge in [-0.15, -0.1) is 0 Å². The Morgan fingerprint density at radius 1 is 0.897 bits per heavy atom. The van der Waals surface area contributed by atoms with Crippen molar-refractivity contribution < 1.29 is 9.47 Å². The Labute approximate surface area is 231 Å². The molecule has 1 aliphatic carbocycles. The first-order valence-corrected chi connectivity index (χ1v) is 13.8. The zero-order chi connectivity index (χ0) is 26.6. The summed E-state index contributed by atoms with van der Waals surface area (Å²) < 4.78 is 12.0. The van der Waals surface area contributed by atoms with E-state index in [-0.39, 0.29) is 0 Å². The van der Waals surface area contributed by atoms with Gasteiger partial charge in [0.05, 0.1) is 18.3 Å². The highest BCUT2D eigenvalue weighted by atomic mass is 16.5. The predicted molar refractivity (Wildman–Crippen MR) is 160 cm³/mol. The maximum absolute atomic E-state index is 6.08. The molecule has 1 aliphatic heterocycles. The van der Waals surface area contributed by atoms with Gasteiger partial charge in [0.15, 0.2) is 11.5 Å². The van der Waals surface area contributed by atoms with E-state index in [1.807, 2.05) is 31.3 Å². The van der Waals surface area contributed by atoms with E-state index in [9.17, 15) is 0 Å². The average molecular weight is 515 g/mol. The van der Waals surface area contributed by atoms with E-state index in [2.05, 4.69) is 97.2 Å². The molecule has 0 spiro atoms. The van der Waals surface area contributed by atoms with Crippen molar-refractivity contribution in [3.05, 3.63) is 131 Å². The van der Waals surface area contributed by atoms with Crippen LogP contribution in [0.15, 0.2) is 108 Å². The fourth-order valence-electron chi connectivity index (χ4n) is 5.63. The molecule has 4 heteroatoms. The third kappa shape index (κ3) is 5.46. The highest BCUT2D eigenvalue weighted by molar-refractivity contribution is 5.83. The fourth-order valence-corrected chi connectivity index (χ4v) is 5.63. The third-order valence-electron chi connectivity index (χ3n) is 7.67. The molecule has 2 aliphatic rings. The van der Waals surface area contributed by atoms with Crippen molar-refractivity contribution in [2.75, 3.05) is 11.9 Å². The minimum absolute atomic E-state index is 0.291. The largest absolute Gasteiger partial charge is 0.490 e. The minimum Gasteiger partial charge on any atom is -0.490 e. The number of rotatable bonds is 8. The Hall–Kier alpha value is -4.31. The molecular formula is C35H34N2O2. The lowest BCUT2D eigenvalue weighted by Gasteiger charge is -2.37. The first-order valence-electron chi connectivity index (χ1n) is 13.8. The van der Waals surface area contributed by atoms with Crippen LogP contribution in [0.3, 0.4) is 0 Å². The predicted octanol–water partition coefficient (Wildman–Crippen LogP) is 8.55. The lowest BCUT2D eigenvalue weighted by molar-refractivity contribution is 0.269. The van der Waals surface area contributed by atoms with Crippen molar-refractivity contribution in [1.82, 2.24) is 0 Å². The Morgan fingerprint density at radius 2 is 1.72 bits per heavy atom. The molecule has 0 aromatic heterocycles. The molecule has 196 valence electrons. The first-order chi connectivity index (χ1) is 19.2. The van der Waals surface area contributed by atoms with Gasteiger partial charge in [-0.3, -0.25) is 4.99 Å². The number of hydrogen-bond acceptors (Lipinski definition) is 4. The van der Waals surface area contributed by atoms with Gasteiger partial charge in [-0.2, -0.15) is 0 Å². The van der Waals surface area contributed by atoms with E-state index in [1.165, 1.54) is 22.4 Å². The number of allylic oxidation sites excluding steroid dienone is 2. The number of ether oxygens (including phenoxy) is 2. The molecule has 4 nitrogen and oxygen atoms in total. The number of aryl methyl sites for hydroxylation is 1. The second-order valence-electron chi connectivity index (χ2n) is 10.3. The highest BCUT2D eigenvalue weighted by Crippen LogP contribution is 2.49. The number of anilines is 1. The molecule has 0 unspecified atom stereocenters. The number of nitrogens with zero attached hydrogens (tertiary/aromatic N) is 1. The summed E-state index contributed by atoms with van der Waals surface area (Å²) in [6.45, 7) is 5.14. The number of benzene rings is 4. The van der Waals surface area contributed by atoms with Crippen LogP contribution in [0.1, 0.15) is 53.1 Å².